The lowest BCUT2D eigenvalue weighted by atomic mass is 9.91. The molecule has 0 saturated heterocycles. The van der Waals surface area contributed by atoms with Crippen molar-refractivity contribution < 1.29 is 4.42 Å². The van der Waals surface area contributed by atoms with Crippen molar-refractivity contribution in [2.24, 2.45) is 10.7 Å². The van der Waals surface area contributed by atoms with Crippen LogP contribution in [0.25, 0.3) is 33.1 Å². The van der Waals surface area contributed by atoms with Crippen molar-refractivity contribution in [2.45, 2.75) is 53.5 Å². The summed E-state index contributed by atoms with van der Waals surface area (Å²) in [6, 6.07) is 55.7. The van der Waals surface area contributed by atoms with Gasteiger partial charge in [0, 0.05) is 33.5 Å². The molecule has 2 atom stereocenters. The molecule has 0 radical (unpaired) electrons. The van der Waals surface area contributed by atoms with Gasteiger partial charge in [0.25, 0.3) is 0 Å². The Labute approximate surface area is 360 Å². The maximum atomic E-state index is 7.84. The van der Waals surface area contributed by atoms with Crippen LogP contribution in [-0.2, 0) is 0 Å². The van der Waals surface area contributed by atoms with E-state index in [1.807, 2.05) is 74.5 Å². The highest BCUT2D eigenvalue weighted by Gasteiger charge is 2.38. The van der Waals surface area contributed by atoms with E-state index in [0.717, 1.165) is 28.0 Å². The molecular formula is C56H54N4O. The molecule has 3 N–H and O–H groups in total. The Bertz CT molecular complexity index is 2820. The summed E-state index contributed by atoms with van der Waals surface area (Å²) in [6.45, 7) is 12.6. The van der Waals surface area contributed by atoms with Crippen LogP contribution >= 0.6 is 0 Å². The lowest BCUT2D eigenvalue weighted by Gasteiger charge is -2.29. The first kappa shape index (κ1) is 41.9. The molecule has 8 aromatic rings. The van der Waals surface area contributed by atoms with Crippen LogP contribution in [0.4, 0.5) is 11.4 Å². The second-order valence-corrected chi connectivity index (χ2v) is 15.1. The Balaban J connectivity index is 0.000000146. The van der Waals surface area contributed by atoms with Crippen LogP contribution in [0.1, 0.15) is 58.7 Å². The van der Waals surface area contributed by atoms with Gasteiger partial charge in [-0.05, 0) is 90.9 Å². The minimum atomic E-state index is 0.173. The number of aryl methyl sites for hydroxylation is 4. The zero-order valence-electron chi connectivity index (χ0n) is 35.9. The predicted octanol–water partition coefficient (Wildman–Crippen LogP) is 14.3. The summed E-state index contributed by atoms with van der Waals surface area (Å²) in [5.41, 5.74) is 21.0. The Morgan fingerprint density at radius 2 is 1.15 bits per heavy atom. The molecule has 10 rings (SSSR count). The third-order valence-corrected chi connectivity index (χ3v) is 11.1. The second kappa shape index (κ2) is 19.2. The van der Waals surface area contributed by atoms with E-state index in [2.05, 4.69) is 165 Å². The summed E-state index contributed by atoms with van der Waals surface area (Å²) in [4.78, 5) is 6.56. The number of nitrogens with one attached hydrogen (secondary N) is 1. The zero-order chi connectivity index (χ0) is 42.9. The first-order valence-electron chi connectivity index (χ1n) is 21.1. The molecule has 2 heterocycles. The summed E-state index contributed by atoms with van der Waals surface area (Å²) >= 11 is 0. The summed E-state index contributed by atoms with van der Waals surface area (Å²) in [5, 5.41) is 10.3. The molecule has 0 spiro atoms. The third-order valence-electron chi connectivity index (χ3n) is 11.1. The molecule has 7 aromatic carbocycles. The Morgan fingerprint density at radius 3 is 1.80 bits per heavy atom. The number of allylic oxidation sites excluding steroid dienone is 2. The van der Waals surface area contributed by atoms with Gasteiger partial charge in [-0.25, -0.2) is 4.99 Å². The maximum absolute atomic E-state index is 7.84. The molecule has 2 aliphatic rings. The summed E-state index contributed by atoms with van der Waals surface area (Å²) < 4.78 is 6.44. The lowest BCUT2D eigenvalue weighted by molar-refractivity contribution is 0.663. The summed E-state index contributed by atoms with van der Waals surface area (Å²) in [6.07, 6.45) is 8.96. The number of benzene rings is 7. The van der Waals surface area contributed by atoms with Crippen LogP contribution in [-0.4, -0.2) is 17.7 Å². The van der Waals surface area contributed by atoms with Crippen molar-refractivity contribution in [3.8, 4) is 11.1 Å². The third kappa shape index (κ3) is 9.02. The van der Waals surface area contributed by atoms with Crippen molar-refractivity contribution in [1.29, 1.82) is 5.41 Å². The number of nitrogens with zero attached hydrogens (tertiary/aromatic N) is 2. The van der Waals surface area contributed by atoms with Crippen molar-refractivity contribution in [3.05, 3.63) is 227 Å². The van der Waals surface area contributed by atoms with Crippen molar-refractivity contribution >= 4 is 45.0 Å². The zero-order valence-corrected chi connectivity index (χ0v) is 35.9. The topological polar surface area (TPSA) is 78.6 Å². The number of amidine groups is 2. The van der Waals surface area contributed by atoms with Gasteiger partial charge in [-0.15, -0.1) is 0 Å². The Hall–Kier alpha value is -7.24. The van der Waals surface area contributed by atoms with E-state index in [1.54, 1.807) is 0 Å². The van der Waals surface area contributed by atoms with E-state index in [0.29, 0.717) is 11.8 Å². The Morgan fingerprint density at radius 1 is 0.590 bits per heavy atom. The van der Waals surface area contributed by atoms with E-state index in [4.69, 9.17) is 15.6 Å². The molecule has 0 saturated carbocycles. The van der Waals surface area contributed by atoms with Crippen LogP contribution in [0.5, 0.6) is 0 Å². The molecule has 1 aliphatic heterocycles. The highest BCUT2D eigenvalue weighted by Crippen LogP contribution is 2.50. The van der Waals surface area contributed by atoms with Crippen molar-refractivity contribution in [2.75, 3.05) is 4.90 Å². The van der Waals surface area contributed by atoms with Crippen LogP contribution in [0.2, 0.25) is 0 Å². The van der Waals surface area contributed by atoms with E-state index in [-0.39, 0.29) is 11.9 Å². The highest BCUT2D eigenvalue weighted by molar-refractivity contribution is 6.12. The number of aliphatic imine (C=N–C) groups is 1. The summed E-state index contributed by atoms with van der Waals surface area (Å²) in [5.74, 6) is 0.911. The number of hydrogen-bond donors (Lipinski definition) is 2. The predicted molar refractivity (Wildman–Crippen MR) is 260 cm³/mol. The number of furan rings is 1. The number of nitrogens with two attached hydrogens (primary N) is 1. The van der Waals surface area contributed by atoms with E-state index < -0.39 is 0 Å². The average Bonchev–Trinajstić information content (AvgIpc) is 3.85. The monoisotopic (exact) mass is 798 g/mol. The largest absolute Gasteiger partial charge is 0.454 e. The molecule has 0 bridgehead atoms. The number of rotatable bonds is 4. The fourth-order valence-electron chi connectivity index (χ4n) is 8.18. The van der Waals surface area contributed by atoms with E-state index >= 15 is 0 Å². The van der Waals surface area contributed by atoms with Gasteiger partial charge < -0.3 is 15.1 Å². The minimum absolute atomic E-state index is 0.173. The van der Waals surface area contributed by atoms with E-state index in [1.165, 1.54) is 55.4 Å². The molecule has 0 amide bonds. The fraction of sp³-hybridized carbons (Fsp3) is 0.143. The van der Waals surface area contributed by atoms with Gasteiger partial charge in [-0.2, -0.15) is 0 Å². The number of fused-ring (bicyclic) bond motifs is 6. The summed E-state index contributed by atoms with van der Waals surface area (Å²) in [7, 11) is 0. The first-order valence-corrected chi connectivity index (χ1v) is 21.1. The standard InChI is InChI=1S/C26H21NO.C14H13N3.C14H14.C2H6/c1-16-14-20-25-17(2)8-7-13-24(25)28-26(20)23(15-16)27-21-11-5-3-9-18(21)19-10-4-6-12-22(19)27;15-13(11-7-3-1-4-8-11)17-14(16)12-9-5-2-6-10-12;1-11-7-3-5-9-13(11)14-10-6-4-8-12(14)2;1-2/h3-15,18,21H,1-2H3;1-10H,(H3,15,16,17);3-10H,1-2H3;1-2H3. The van der Waals surface area contributed by atoms with Crippen LogP contribution in [0, 0.1) is 33.1 Å². The van der Waals surface area contributed by atoms with E-state index in [9.17, 15) is 0 Å². The van der Waals surface area contributed by atoms with Crippen molar-refractivity contribution in [1.82, 2.24) is 0 Å². The molecule has 1 aromatic heterocycles. The molecule has 5 nitrogen and oxygen atoms in total. The number of anilines is 2. The Kier molecular flexibility index (Phi) is 13.2. The van der Waals surface area contributed by atoms with Gasteiger partial charge in [0.1, 0.15) is 11.4 Å². The van der Waals surface area contributed by atoms with Crippen LogP contribution in [0.3, 0.4) is 0 Å². The van der Waals surface area contributed by atoms with Gasteiger partial charge >= 0.3 is 0 Å². The maximum Gasteiger partial charge on any atom is 0.159 e. The quantitative estimate of drug-likeness (QED) is 0.137. The molecule has 2 unspecified atom stereocenters. The smallest absolute Gasteiger partial charge is 0.159 e. The molecule has 1 aliphatic carbocycles. The highest BCUT2D eigenvalue weighted by atomic mass is 16.3. The number of hydrogen-bond acceptors (Lipinski definition) is 3. The normalized spacial score (nSPS) is 14.8. The van der Waals surface area contributed by atoms with Gasteiger partial charge in [-0.1, -0.05) is 178 Å². The van der Waals surface area contributed by atoms with Crippen LogP contribution in [0.15, 0.2) is 198 Å². The second-order valence-electron chi connectivity index (χ2n) is 15.1. The van der Waals surface area contributed by atoms with Crippen LogP contribution < -0.4 is 10.6 Å². The SMILES string of the molecule is CC.Cc1cc(N2c3ccccc3C3C=CC=CC32)c2oc3cccc(C)c3c2c1.Cc1ccccc1-c1ccccc1C.N=C(N=C(N)c1ccccc1)c1ccccc1. The molecule has 5 heteroatoms. The fourth-order valence-corrected chi connectivity index (χ4v) is 8.18. The number of para-hydroxylation sites is 1. The van der Waals surface area contributed by atoms with Gasteiger partial charge in [0.05, 0.1) is 11.7 Å². The molecule has 61 heavy (non-hydrogen) atoms. The minimum Gasteiger partial charge on any atom is -0.454 e. The molecule has 0 fully saturated rings. The van der Waals surface area contributed by atoms with Gasteiger partial charge in [0.15, 0.2) is 11.4 Å². The first-order chi connectivity index (χ1) is 29.8. The lowest BCUT2D eigenvalue weighted by Crippen LogP contribution is -2.28. The van der Waals surface area contributed by atoms with Gasteiger partial charge in [0.2, 0.25) is 0 Å². The van der Waals surface area contributed by atoms with Crippen molar-refractivity contribution in [3.63, 3.8) is 0 Å². The molecular weight excluding hydrogens is 745 g/mol. The molecule has 304 valence electrons. The van der Waals surface area contributed by atoms with Gasteiger partial charge in [-0.3, -0.25) is 5.41 Å². The average molecular weight is 799 g/mol.